The maximum absolute atomic E-state index is 13.3. The Bertz CT molecular complexity index is 1060. The number of nitrogens with zero attached hydrogens (tertiary/aromatic N) is 3. The minimum Gasteiger partial charge on any atom is -0.444 e. The molecule has 1 aromatic heterocycles. The van der Waals surface area contributed by atoms with Crippen LogP contribution in [0.15, 0.2) is 41.6 Å². The molecule has 0 radical (unpaired) electrons. The molecule has 1 N–H and O–H groups in total. The summed E-state index contributed by atoms with van der Waals surface area (Å²) < 4.78 is 33.2. The number of nitrogens with one attached hydrogen (secondary N) is 1. The molecule has 1 aromatic carbocycles. The Morgan fingerprint density at radius 1 is 1.13 bits per heavy atom. The van der Waals surface area contributed by atoms with Gasteiger partial charge in [0.15, 0.2) is 0 Å². The highest BCUT2D eigenvalue weighted by molar-refractivity contribution is 7.89. The van der Waals surface area contributed by atoms with Gasteiger partial charge in [-0.25, -0.2) is 13.2 Å². The molecule has 31 heavy (non-hydrogen) atoms. The first kappa shape index (κ1) is 23.0. The monoisotopic (exact) mass is 448 g/mol. The number of ether oxygens (including phenoxy) is 1. The van der Waals surface area contributed by atoms with E-state index in [0.717, 1.165) is 5.39 Å². The zero-order chi connectivity index (χ0) is 22.6. The van der Waals surface area contributed by atoms with Crippen LogP contribution in [0, 0.1) is 0 Å². The molecule has 2 amide bonds. The molecule has 0 bridgehead atoms. The fraction of sp³-hybridized carbons (Fsp3) is 0.476. The number of amides is 2. The zero-order valence-electron chi connectivity index (χ0n) is 18.0. The first-order chi connectivity index (χ1) is 14.6. The van der Waals surface area contributed by atoms with Gasteiger partial charge in [0.1, 0.15) is 12.1 Å². The van der Waals surface area contributed by atoms with Crippen LogP contribution >= 0.6 is 0 Å². The predicted octanol–water partition coefficient (Wildman–Crippen LogP) is 1.98. The lowest BCUT2D eigenvalue weighted by molar-refractivity contribution is -0.130. The molecular weight excluding hydrogens is 420 g/mol. The Hall–Kier alpha value is -2.72. The molecule has 2 aromatic rings. The largest absolute Gasteiger partial charge is 0.444 e. The van der Waals surface area contributed by atoms with Gasteiger partial charge in [0.05, 0.1) is 4.90 Å². The normalized spacial score (nSPS) is 16.0. The number of hydrogen-bond donors (Lipinski definition) is 1. The lowest BCUT2D eigenvalue weighted by atomic mass is 10.2. The van der Waals surface area contributed by atoms with Crippen LogP contribution in [-0.4, -0.2) is 72.9 Å². The van der Waals surface area contributed by atoms with Crippen LogP contribution in [-0.2, 0) is 19.6 Å². The average molecular weight is 449 g/mol. The van der Waals surface area contributed by atoms with Crippen LogP contribution in [0.3, 0.4) is 0 Å². The Balaban J connectivity index is 1.65. The summed E-state index contributed by atoms with van der Waals surface area (Å²) in [6.45, 7) is 6.19. The van der Waals surface area contributed by atoms with Crippen molar-refractivity contribution in [2.24, 2.45) is 0 Å². The smallest absolute Gasteiger partial charge is 0.408 e. The van der Waals surface area contributed by atoms with E-state index in [1.165, 1.54) is 4.31 Å². The van der Waals surface area contributed by atoms with Gasteiger partial charge in [-0.3, -0.25) is 9.78 Å². The van der Waals surface area contributed by atoms with E-state index in [9.17, 15) is 18.0 Å². The third-order valence-electron chi connectivity index (χ3n) is 4.85. The van der Waals surface area contributed by atoms with Crippen LogP contribution in [0.4, 0.5) is 4.79 Å². The maximum Gasteiger partial charge on any atom is 0.408 e. The number of alkyl carbamates (subject to hydrolysis) is 1. The second-order valence-corrected chi connectivity index (χ2v) is 10.3. The van der Waals surface area contributed by atoms with Gasteiger partial charge in [0.2, 0.25) is 15.9 Å². The number of sulfonamides is 1. The van der Waals surface area contributed by atoms with Gasteiger partial charge < -0.3 is 15.0 Å². The molecule has 2 heterocycles. The Morgan fingerprint density at radius 3 is 2.65 bits per heavy atom. The molecule has 168 valence electrons. The molecule has 3 rings (SSSR count). The van der Waals surface area contributed by atoms with E-state index in [0.29, 0.717) is 24.9 Å². The van der Waals surface area contributed by atoms with Crippen molar-refractivity contribution in [2.45, 2.75) is 37.7 Å². The van der Waals surface area contributed by atoms with Gasteiger partial charge in [0, 0.05) is 49.3 Å². The van der Waals surface area contributed by atoms with Gasteiger partial charge in [-0.1, -0.05) is 12.1 Å². The molecule has 1 fully saturated rings. The lowest BCUT2D eigenvalue weighted by Crippen LogP contribution is -2.43. The van der Waals surface area contributed by atoms with Crippen molar-refractivity contribution in [1.29, 1.82) is 0 Å². The van der Waals surface area contributed by atoms with Crippen LogP contribution in [0.2, 0.25) is 0 Å². The fourth-order valence-corrected chi connectivity index (χ4v) is 5.10. The third-order valence-corrected chi connectivity index (χ3v) is 6.81. The van der Waals surface area contributed by atoms with Gasteiger partial charge in [0.25, 0.3) is 0 Å². The van der Waals surface area contributed by atoms with E-state index < -0.39 is 21.7 Å². The van der Waals surface area contributed by atoms with Crippen LogP contribution in [0.5, 0.6) is 0 Å². The summed E-state index contributed by atoms with van der Waals surface area (Å²) in [5, 5.41) is 3.83. The summed E-state index contributed by atoms with van der Waals surface area (Å²) in [4.78, 5) is 30.1. The number of rotatable bonds is 4. The van der Waals surface area contributed by atoms with Crippen molar-refractivity contribution >= 4 is 32.8 Å². The van der Waals surface area contributed by atoms with Gasteiger partial charge in [-0.05, 0) is 39.3 Å². The summed E-state index contributed by atoms with van der Waals surface area (Å²) in [7, 11) is -3.73. The first-order valence-corrected chi connectivity index (χ1v) is 11.6. The molecule has 1 saturated heterocycles. The minimum atomic E-state index is -3.73. The molecule has 0 atom stereocenters. The molecule has 1 aliphatic rings. The molecule has 9 nitrogen and oxygen atoms in total. The van der Waals surface area contributed by atoms with E-state index in [1.807, 2.05) is 6.07 Å². The number of fused-ring (bicyclic) bond motifs is 1. The van der Waals surface area contributed by atoms with Gasteiger partial charge >= 0.3 is 6.09 Å². The van der Waals surface area contributed by atoms with Crippen LogP contribution in [0.25, 0.3) is 10.8 Å². The van der Waals surface area contributed by atoms with Crippen LogP contribution in [0.1, 0.15) is 27.2 Å². The summed E-state index contributed by atoms with van der Waals surface area (Å²) in [5.74, 6) is -0.277. The van der Waals surface area contributed by atoms with Crippen molar-refractivity contribution in [3.8, 4) is 0 Å². The average Bonchev–Trinajstić information content (AvgIpc) is 2.97. The first-order valence-electron chi connectivity index (χ1n) is 10.2. The molecule has 0 aliphatic carbocycles. The van der Waals surface area contributed by atoms with E-state index >= 15 is 0 Å². The summed E-state index contributed by atoms with van der Waals surface area (Å²) in [5.41, 5.74) is -0.651. The van der Waals surface area contributed by atoms with E-state index in [1.54, 1.807) is 56.3 Å². The number of aromatic nitrogens is 1. The number of carbonyl (C=O) groups excluding carboxylic acids is 2. The third kappa shape index (κ3) is 5.71. The standard InChI is InChI=1S/C21H28N4O5S/c1-21(2,3)30-20(27)23-15-19(26)24-10-5-11-25(13-12-24)31(28,29)18-7-4-6-16-14-22-9-8-17(16)18/h4,6-9,14H,5,10-13,15H2,1-3H3,(H,23,27). The Morgan fingerprint density at radius 2 is 1.90 bits per heavy atom. The van der Waals surface area contributed by atoms with Crippen molar-refractivity contribution < 1.29 is 22.7 Å². The number of benzene rings is 1. The summed E-state index contributed by atoms with van der Waals surface area (Å²) in [6, 6.07) is 6.81. The van der Waals surface area contributed by atoms with E-state index in [4.69, 9.17) is 4.74 Å². The van der Waals surface area contributed by atoms with Gasteiger partial charge in [-0.2, -0.15) is 4.31 Å². The van der Waals surface area contributed by atoms with Crippen molar-refractivity contribution in [3.63, 3.8) is 0 Å². The van der Waals surface area contributed by atoms with E-state index in [-0.39, 0.29) is 30.4 Å². The van der Waals surface area contributed by atoms with Crippen molar-refractivity contribution in [1.82, 2.24) is 19.5 Å². The quantitative estimate of drug-likeness (QED) is 0.766. The number of carbonyl (C=O) groups is 2. The maximum atomic E-state index is 13.3. The fourth-order valence-electron chi connectivity index (χ4n) is 3.41. The molecule has 0 spiro atoms. The lowest BCUT2D eigenvalue weighted by Gasteiger charge is -2.23. The second kappa shape index (κ2) is 9.19. The topological polar surface area (TPSA) is 109 Å². The summed E-state index contributed by atoms with van der Waals surface area (Å²) >= 11 is 0. The van der Waals surface area contributed by atoms with Crippen LogP contribution < -0.4 is 5.32 Å². The molecule has 0 unspecified atom stereocenters. The highest BCUT2D eigenvalue weighted by Crippen LogP contribution is 2.25. The molecule has 10 heteroatoms. The highest BCUT2D eigenvalue weighted by Gasteiger charge is 2.29. The SMILES string of the molecule is CC(C)(C)OC(=O)NCC(=O)N1CCCN(S(=O)(=O)c2cccc3cnccc23)CC1. The zero-order valence-corrected chi connectivity index (χ0v) is 18.8. The Kier molecular flexibility index (Phi) is 6.80. The Labute approximate surface area is 182 Å². The predicted molar refractivity (Wildman–Crippen MR) is 116 cm³/mol. The van der Waals surface area contributed by atoms with Crippen molar-refractivity contribution in [3.05, 3.63) is 36.7 Å². The molecular formula is C21H28N4O5S. The molecule has 1 aliphatic heterocycles. The number of hydrogen-bond acceptors (Lipinski definition) is 6. The number of pyridine rings is 1. The van der Waals surface area contributed by atoms with Crippen molar-refractivity contribution in [2.75, 3.05) is 32.7 Å². The highest BCUT2D eigenvalue weighted by atomic mass is 32.2. The molecule has 0 saturated carbocycles. The minimum absolute atomic E-state index is 0.183. The van der Waals surface area contributed by atoms with E-state index in [2.05, 4.69) is 10.3 Å². The van der Waals surface area contributed by atoms with Gasteiger partial charge in [-0.15, -0.1) is 0 Å². The second-order valence-electron chi connectivity index (χ2n) is 8.35. The summed E-state index contributed by atoms with van der Waals surface area (Å²) in [6.07, 6.45) is 3.05.